The number of anilines is 1. The molecule has 0 saturated heterocycles. The van der Waals surface area contributed by atoms with Crippen LogP contribution >= 0.6 is 0 Å². The van der Waals surface area contributed by atoms with Crippen molar-refractivity contribution in [2.45, 2.75) is 6.54 Å². The predicted molar refractivity (Wildman–Crippen MR) is 105 cm³/mol. The van der Waals surface area contributed by atoms with Crippen molar-refractivity contribution < 1.29 is 18.3 Å². The Morgan fingerprint density at radius 1 is 1.21 bits per heavy atom. The molecule has 2 heterocycles. The molecule has 0 saturated carbocycles. The molecule has 7 nitrogen and oxygen atoms in total. The van der Waals surface area contributed by atoms with E-state index in [1.165, 1.54) is 25.4 Å². The minimum absolute atomic E-state index is 0.123. The quantitative estimate of drug-likeness (QED) is 0.561. The van der Waals surface area contributed by atoms with E-state index < -0.39 is 5.91 Å². The summed E-state index contributed by atoms with van der Waals surface area (Å²) in [5.41, 5.74) is 1.23. The van der Waals surface area contributed by atoms with Crippen molar-refractivity contribution in [3.63, 3.8) is 0 Å². The van der Waals surface area contributed by atoms with E-state index in [4.69, 9.17) is 9.15 Å². The number of halogens is 1. The molecule has 0 radical (unpaired) electrons. The average Bonchev–Trinajstić information content (AvgIpc) is 3.15. The summed E-state index contributed by atoms with van der Waals surface area (Å²) in [6, 6.07) is 12.0. The monoisotopic (exact) mass is 393 g/mol. The second-order valence-corrected chi connectivity index (χ2v) is 6.34. The molecule has 4 aromatic rings. The highest BCUT2D eigenvalue weighted by Crippen LogP contribution is 2.20. The first kappa shape index (κ1) is 18.4. The van der Waals surface area contributed by atoms with Crippen LogP contribution in [0.15, 0.2) is 70.1 Å². The van der Waals surface area contributed by atoms with Crippen LogP contribution in [-0.4, -0.2) is 22.8 Å². The van der Waals surface area contributed by atoms with Crippen LogP contribution in [0.3, 0.4) is 0 Å². The maximum absolute atomic E-state index is 13.0. The summed E-state index contributed by atoms with van der Waals surface area (Å²) in [5, 5.41) is 7.17. The third-order valence-corrected chi connectivity index (χ3v) is 4.31. The molecule has 2 aromatic heterocycles. The van der Waals surface area contributed by atoms with E-state index in [2.05, 4.69) is 10.4 Å². The highest BCUT2D eigenvalue weighted by molar-refractivity contribution is 6.02. The van der Waals surface area contributed by atoms with Crippen LogP contribution in [0.25, 0.3) is 11.0 Å². The molecule has 8 heteroatoms. The Hall–Kier alpha value is -3.94. The summed E-state index contributed by atoms with van der Waals surface area (Å²) in [6.07, 6.45) is 3.10. The number of fused-ring (bicyclic) bond motifs is 1. The van der Waals surface area contributed by atoms with E-state index >= 15 is 0 Å². The Kier molecular flexibility index (Phi) is 4.82. The van der Waals surface area contributed by atoms with Crippen LogP contribution in [0, 0.1) is 5.82 Å². The minimum atomic E-state index is -0.576. The molecule has 0 fully saturated rings. The number of carbonyl (C=O) groups excluding carboxylic acids is 1. The topological polar surface area (TPSA) is 86.4 Å². The Morgan fingerprint density at radius 3 is 2.76 bits per heavy atom. The van der Waals surface area contributed by atoms with Crippen molar-refractivity contribution in [2.24, 2.45) is 0 Å². The zero-order valence-corrected chi connectivity index (χ0v) is 15.4. The molecule has 0 unspecified atom stereocenters. The molecule has 0 spiro atoms. The van der Waals surface area contributed by atoms with Crippen LogP contribution < -0.4 is 15.5 Å². The number of benzene rings is 2. The second kappa shape index (κ2) is 7.59. The Balaban J connectivity index is 1.53. The number of ether oxygens (including phenoxy) is 1. The van der Waals surface area contributed by atoms with Crippen molar-refractivity contribution in [2.75, 3.05) is 12.4 Å². The molecule has 0 aliphatic carbocycles. The highest BCUT2D eigenvalue weighted by atomic mass is 19.1. The van der Waals surface area contributed by atoms with E-state index in [0.717, 1.165) is 11.6 Å². The smallest absolute Gasteiger partial charge is 0.291 e. The van der Waals surface area contributed by atoms with E-state index in [1.54, 1.807) is 41.2 Å². The number of nitrogens with one attached hydrogen (secondary N) is 1. The molecule has 1 N–H and O–H groups in total. The van der Waals surface area contributed by atoms with Gasteiger partial charge in [0.1, 0.15) is 17.1 Å². The van der Waals surface area contributed by atoms with Gasteiger partial charge >= 0.3 is 0 Å². The Morgan fingerprint density at radius 2 is 2.00 bits per heavy atom. The normalized spacial score (nSPS) is 10.8. The summed E-state index contributed by atoms with van der Waals surface area (Å²) in [4.78, 5) is 24.8. The van der Waals surface area contributed by atoms with Gasteiger partial charge in [-0.05, 0) is 29.8 Å². The van der Waals surface area contributed by atoms with Crippen LogP contribution in [0.4, 0.5) is 10.1 Å². The molecular formula is C21H16FN3O4. The van der Waals surface area contributed by atoms with Gasteiger partial charge in [-0.15, -0.1) is 0 Å². The van der Waals surface area contributed by atoms with Gasteiger partial charge in [-0.25, -0.2) is 4.39 Å². The van der Waals surface area contributed by atoms with Gasteiger partial charge in [0, 0.05) is 18.3 Å². The standard InChI is InChI=1S/C21H16FN3O4/c1-28-16-6-7-17-18(26)9-20(29-19(17)8-16)21(27)24-15-10-23-25(12-15)11-13-2-4-14(22)5-3-13/h2-10,12H,11H2,1H3,(H,24,27). The zero-order chi connectivity index (χ0) is 20.4. The van der Waals surface area contributed by atoms with Crippen LogP contribution in [0.2, 0.25) is 0 Å². The lowest BCUT2D eigenvalue weighted by atomic mass is 10.2. The maximum atomic E-state index is 13.0. The molecule has 2 aromatic carbocycles. The van der Waals surface area contributed by atoms with E-state index in [9.17, 15) is 14.0 Å². The van der Waals surface area contributed by atoms with Crippen molar-refractivity contribution >= 4 is 22.6 Å². The van der Waals surface area contributed by atoms with Crippen LogP contribution in [-0.2, 0) is 6.54 Å². The summed E-state index contributed by atoms with van der Waals surface area (Å²) < 4.78 is 25.3. The van der Waals surface area contributed by atoms with Gasteiger partial charge in [0.25, 0.3) is 5.91 Å². The van der Waals surface area contributed by atoms with Crippen molar-refractivity contribution in [3.05, 3.63) is 88.3 Å². The third kappa shape index (κ3) is 4.01. The van der Waals surface area contributed by atoms with E-state index in [0.29, 0.717) is 23.4 Å². The lowest BCUT2D eigenvalue weighted by molar-refractivity contribution is 0.0997. The Labute approximate surface area is 164 Å². The SMILES string of the molecule is COc1ccc2c(=O)cc(C(=O)Nc3cnn(Cc4ccc(F)cc4)c3)oc2c1. The summed E-state index contributed by atoms with van der Waals surface area (Å²) in [7, 11) is 1.50. The predicted octanol–water partition coefficient (Wildman–Crippen LogP) is 3.44. The lowest BCUT2D eigenvalue weighted by Gasteiger charge is -2.05. The van der Waals surface area contributed by atoms with Gasteiger partial charge in [0.05, 0.1) is 30.9 Å². The third-order valence-electron chi connectivity index (χ3n) is 4.31. The van der Waals surface area contributed by atoms with Gasteiger partial charge in [-0.2, -0.15) is 5.10 Å². The van der Waals surface area contributed by atoms with Gasteiger partial charge in [-0.1, -0.05) is 12.1 Å². The lowest BCUT2D eigenvalue weighted by Crippen LogP contribution is -2.14. The van der Waals surface area contributed by atoms with Crippen molar-refractivity contribution in [1.82, 2.24) is 9.78 Å². The fourth-order valence-corrected chi connectivity index (χ4v) is 2.86. The molecule has 4 rings (SSSR count). The molecule has 0 bridgehead atoms. The maximum Gasteiger partial charge on any atom is 0.291 e. The minimum Gasteiger partial charge on any atom is -0.497 e. The van der Waals surface area contributed by atoms with Crippen LogP contribution in [0.1, 0.15) is 16.1 Å². The van der Waals surface area contributed by atoms with Crippen molar-refractivity contribution in [1.29, 1.82) is 0 Å². The van der Waals surface area contributed by atoms with Crippen LogP contribution in [0.5, 0.6) is 5.75 Å². The van der Waals surface area contributed by atoms with Crippen molar-refractivity contribution in [3.8, 4) is 5.75 Å². The number of nitrogens with zero attached hydrogens (tertiary/aromatic N) is 2. The van der Waals surface area contributed by atoms with Gasteiger partial charge < -0.3 is 14.5 Å². The number of hydrogen-bond acceptors (Lipinski definition) is 5. The first-order valence-electron chi connectivity index (χ1n) is 8.72. The second-order valence-electron chi connectivity index (χ2n) is 6.34. The largest absolute Gasteiger partial charge is 0.497 e. The number of hydrogen-bond donors (Lipinski definition) is 1. The molecule has 146 valence electrons. The van der Waals surface area contributed by atoms with Gasteiger partial charge in [0.15, 0.2) is 11.2 Å². The summed E-state index contributed by atoms with van der Waals surface area (Å²) in [6.45, 7) is 0.418. The number of carbonyl (C=O) groups is 1. The Bertz CT molecular complexity index is 1250. The van der Waals surface area contributed by atoms with Gasteiger partial charge in [0.2, 0.25) is 0 Å². The number of methoxy groups -OCH3 is 1. The number of aromatic nitrogens is 2. The van der Waals surface area contributed by atoms with E-state index in [-0.39, 0.29) is 22.6 Å². The van der Waals surface area contributed by atoms with E-state index in [1.807, 2.05) is 0 Å². The average molecular weight is 393 g/mol. The number of amides is 1. The van der Waals surface area contributed by atoms with Gasteiger partial charge in [-0.3, -0.25) is 14.3 Å². The first-order chi connectivity index (χ1) is 14.0. The molecule has 0 aliphatic rings. The molecule has 0 aliphatic heterocycles. The molecule has 0 atom stereocenters. The zero-order valence-electron chi connectivity index (χ0n) is 15.4. The molecule has 29 heavy (non-hydrogen) atoms. The highest BCUT2D eigenvalue weighted by Gasteiger charge is 2.14. The summed E-state index contributed by atoms with van der Waals surface area (Å²) >= 11 is 0. The number of rotatable bonds is 5. The fourth-order valence-electron chi connectivity index (χ4n) is 2.86. The summed E-state index contributed by atoms with van der Waals surface area (Å²) in [5.74, 6) is -0.493. The first-order valence-corrected chi connectivity index (χ1v) is 8.72. The molecule has 1 amide bonds. The molecular weight excluding hydrogens is 377 g/mol. The fraction of sp³-hybridized carbons (Fsp3) is 0.0952.